The van der Waals surface area contributed by atoms with E-state index in [1.165, 1.54) is 19.5 Å². The molecule has 1 N–H and O–H groups in total. The van der Waals surface area contributed by atoms with Crippen LogP contribution >= 0.6 is 0 Å². The third-order valence-electron chi connectivity index (χ3n) is 6.37. The Bertz CT molecular complexity index is 926. The molecule has 1 aromatic carbocycles. The first-order valence-corrected chi connectivity index (χ1v) is 11.6. The average Bonchev–Trinajstić information content (AvgIpc) is 2.83. The van der Waals surface area contributed by atoms with Gasteiger partial charge in [0.15, 0.2) is 0 Å². The zero-order chi connectivity index (χ0) is 21.6. The minimum atomic E-state index is -3.85. The lowest BCUT2D eigenvalue weighted by Crippen LogP contribution is -2.46. The number of carbonyl (C=O) groups excluding carboxylic acids is 2. The fourth-order valence-corrected chi connectivity index (χ4v) is 5.52. The van der Waals surface area contributed by atoms with Gasteiger partial charge >= 0.3 is 0 Å². The van der Waals surface area contributed by atoms with Gasteiger partial charge in [0.05, 0.1) is 16.9 Å². The van der Waals surface area contributed by atoms with Gasteiger partial charge in [-0.2, -0.15) is 4.31 Å². The fourth-order valence-electron chi connectivity index (χ4n) is 4.36. The van der Waals surface area contributed by atoms with Crippen molar-refractivity contribution in [3.05, 3.63) is 23.8 Å². The number of fused-ring (bicyclic) bond motifs is 1. The Morgan fingerprint density at radius 2 is 1.93 bits per heavy atom. The third-order valence-corrected chi connectivity index (χ3v) is 8.17. The molecular formula is C21H31N3O4S. The quantitative estimate of drug-likeness (QED) is 0.790. The van der Waals surface area contributed by atoms with Crippen molar-refractivity contribution in [3.63, 3.8) is 0 Å². The van der Waals surface area contributed by atoms with Gasteiger partial charge in [0.1, 0.15) is 0 Å². The van der Waals surface area contributed by atoms with Crippen molar-refractivity contribution >= 4 is 27.5 Å². The van der Waals surface area contributed by atoms with Crippen molar-refractivity contribution in [1.82, 2.24) is 9.62 Å². The number of carbonyl (C=O) groups is 2. The van der Waals surface area contributed by atoms with Gasteiger partial charge in [-0.25, -0.2) is 8.42 Å². The molecule has 0 bridgehead atoms. The van der Waals surface area contributed by atoms with Crippen LogP contribution < -0.4 is 10.2 Å². The van der Waals surface area contributed by atoms with E-state index in [2.05, 4.69) is 12.2 Å². The van der Waals surface area contributed by atoms with Crippen LogP contribution in [0.4, 0.5) is 5.69 Å². The first-order chi connectivity index (χ1) is 13.5. The van der Waals surface area contributed by atoms with Crippen molar-refractivity contribution in [2.45, 2.75) is 62.8 Å². The van der Waals surface area contributed by atoms with E-state index in [4.69, 9.17) is 0 Å². The summed E-state index contributed by atoms with van der Waals surface area (Å²) in [5.41, 5.74) is 0.605. The second-order valence-electron chi connectivity index (χ2n) is 8.86. The summed E-state index contributed by atoms with van der Waals surface area (Å²) >= 11 is 0. The maximum atomic E-state index is 13.0. The van der Waals surface area contributed by atoms with Crippen LogP contribution in [0.15, 0.2) is 23.1 Å². The van der Waals surface area contributed by atoms with Gasteiger partial charge < -0.3 is 10.2 Å². The minimum absolute atomic E-state index is 0.0728. The molecular weight excluding hydrogens is 390 g/mol. The lowest BCUT2D eigenvalue weighted by Gasteiger charge is -2.30. The molecule has 0 aromatic heterocycles. The van der Waals surface area contributed by atoms with E-state index in [1.54, 1.807) is 37.9 Å². The van der Waals surface area contributed by atoms with Crippen LogP contribution in [0.1, 0.15) is 52.0 Å². The van der Waals surface area contributed by atoms with Crippen molar-refractivity contribution in [1.29, 1.82) is 0 Å². The molecule has 1 heterocycles. The molecule has 1 aliphatic carbocycles. The summed E-state index contributed by atoms with van der Waals surface area (Å²) < 4.78 is 27.2. The Morgan fingerprint density at radius 1 is 1.28 bits per heavy atom. The van der Waals surface area contributed by atoms with E-state index in [0.29, 0.717) is 17.2 Å². The molecule has 29 heavy (non-hydrogen) atoms. The second kappa shape index (κ2) is 7.72. The fraction of sp³-hybridized carbons (Fsp3) is 0.619. The van der Waals surface area contributed by atoms with E-state index in [1.807, 2.05) is 0 Å². The average molecular weight is 422 g/mol. The van der Waals surface area contributed by atoms with Gasteiger partial charge in [-0.15, -0.1) is 0 Å². The van der Waals surface area contributed by atoms with Crippen LogP contribution in [0.2, 0.25) is 0 Å². The highest BCUT2D eigenvalue weighted by Crippen LogP contribution is 2.41. The summed E-state index contributed by atoms with van der Waals surface area (Å²) in [6, 6.07) is 4.82. The van der Waals surface area contributed by atoms with E-state index >= 15 is 0 Å². The molecule has 2 amide bonds. The third kappa shape index (κ3) is 3.92. The Balaban J connectivity index is 1.76. The maximum absolute atomic E-state index is 13.0. The number of hydrogen-bond donors (Lipinski definition) is 1. The van der Waals surface area contributed by atoms with Crippen LogP contribution in [0.3, 0.4) is 0 Å². The van der Waals surface area contributed by atoms with Gasteiger partial charge in [0, 0.05) is 25.8 Å². The molecule has 1 aromatic rings. The topological polar surface area (TPSA) is 86.8 Å². The molecule has 1 fully saturated rings. The van der Waals surface area contributed by atoms with E-state index < -0.39 is 15.4 Å². The Morgan fingerprint density at radius 3 is 2.59 bits per heavy atom. The summed E-state index contributed by atoms with van der Waals surface area (Å²) in [5.74, 6) is 0.0469. The molecule has 3 rings (SSSR count). The van der Waals surface area contributed by atoms with Gasteiger partial charge in [-0.1, -0.05) is 19.8 Å². The second-order valence-corrected chi connectivity index (χ2v) is 10.9. The minimum Gasteiger partial charge on any atom is -0.352 e. The highest BCUT2D eigenvalue weighted by atomic mass is 32.2. The number of nitrogens with one attached hydrogen (secondary N) is 1. The van der Waals surface area contributed by atoms with Crippen LogP contribution in [-0.2, 0) is 25.0 Å². The number of nitrogens with zero attached hydrogens (tertiary/aromatic N) is 2. The number of benzene rings is 1. The standard InChI is InChI=1S/C21H31N3O4S/c1-14-8-6-7-9-17(14)22-19(25)13-23(4)29(27,28)15-10-11-18-16(12-15)21(2,3)20(26)24(18)5/h10-12,14,17H,6-9,13H2,1-5H3,(H,22,25)/t14-,17-/m1/s1. The molecule has 160 valence electrons. The number of likely N-dealkylation sites (N-methyl/N-ethyl adjacent to an activating group) is 2. The number of hydrogen-bond acceptors (Lipinski definition) is 4. The van der Waals surface area contributed by atoms with Gasteiger partial charge in [0.25, 0.3) is 0 Å². The molecule has 1 saturated carbocycles. The molecule has 2 aliphatic rings. The Kier molecular flexibility index (Phi) is 5.80. The molecule has 2 atom stereocenters. The van der Waals surface area contributed by atoms with Crippen molar-refractivity contribution in [2.75, 3.05) is 25.5 Å². The molecule has 1 aliphatic heterocycles. The molecule has 0 saturated heterocycles. The van der Waals surface area contributed by atoms with Gasteiger partial charge in [-0.05, 0) is 56.4 Å². The highest BCUT2D eigenvalue weighted by molar-refractivity contribution is 7.89. The van der Waals surface area contributed by atoms with Crippen LogP contribution in [-0.4, -0.2) is 51.2 Å². The lowest BCUT2D eigenvalue weighted by atomic mass is 9.86. The van der Waals surface area contributed by atoms with E-state index in [-0.39, 0.29) is 29.3 Å². The molecule has 0 spiro atoms. The monoisotopic (exact) mass is 421 g/mol. The summed E-state index contributed by atoms with van der Waals surface area (Å²) in [7, 11) is -0.754. The summed E-state index contributed by atoms with van der Waals surface area (Å²) in [5, 5.41) is 2.99. The van der Waals surface area contributed by atoms with E-state index in [0.717, 1.165) is 23.6 Å². The van der Waals surface area contributed by atoms with Gasteiger partial charge in [-0.3, -0.25) is 9.59 Å². The predicted octanol–water partition coefficient (Wildman–Crippen LogP) is 2.26. The van der Waals surface area contributed by atoms with Crippen LogP contribution in [0, 0.1) is 5.92 Å². The molecule has 0 unspecified atom stereocenters. The number of anilines is 1. The Labute approximate surface area is 173 Å². The van der Waals surface area contributed by atoms with Crippen LogP contribution in [0.25, 0.3) is 0 Å². The molecule has 8 heteroatoms. The zero-order valence-electron chi connectivity index (χ0n) is 17.9. The van der Waals surface area contributed by atoms with Gasteiger partial charge in [0.2, 0.25) is 21.8 Å². The predicted molar refractivity (Wildman–Crippen MR) is 112 cm³/mol. The Hall–Kier alpha value is -1.93. The maximum Gasteiger partial charge on any atom is 0.243 e. The summed E-state index contributed by atoms with van der Waals surface area (Å²) in [6.45, 7) is 5.47. The lowest BCUT2D eigenvalue weighted by molar-refractivity contribution is -0.122. The largest absolute Gasteiger partial charge is 0.352 e. The number of amides is 2. The van der Waals surface area contributed by atoms with Crippen molar-refractivity contribution < 1.29 is 18.0 Å². The highest BCUT2D eigenvalue weighted by Gasteiger charge is 2.43. The zero-order valence-corrected chi connectivity index (χ0v) is 18.7. The van der Waals surface area contributed by atoms with Crippen LogP contribution in [0.5, 0.6) is 0 Å². The normalized spacial score (nSPS) is 23.9. The van der Waals surface area contributed by atoms with E-state index in [9.17, 15) is 18.0 Å². The SMILES string of the molecule is C[C@@H]1CCCC[C@H]1NC(=O)CN(C)S(=O)(=O)c1ccc2c(c1)C(C)(C)C(=O)N2C. The number of sulfonamides is 1. The molecule has 7 nitrogen and oxygen atoms in total. The molecule has 0 radical (unpaired) electrons. The number of rotatable bonds is 5. The summed E-state index contributed by atoms with van der Waals surface area (Å²) in [4.78, 5) is 26.5. The smallest absolute Gasteiger partial charge is 0.243 e. The van der Waals surface area contributed by atoms with Crippen molar-refractivity contribution in [2.24, 2.45) is 5.92 Å². The van der Waals surface area contributed by atoms with Crippen molar-refractivity contribution in [3.8, 4) is 0 Å². The first kappa shape index (κ1) is 21.8. The summed E-state index contributed by atoms with van der Waals surface area (Å²) in [6.07, 6.45) is 4.28. The first-order valence-electron chi connectivity index (χ1n) is 10.1.